The van der Waals surface area contributed by atoms with Gasteiger partial charge in [-0.3, -0.25) is 14.8 Å². The lowest BCUT2D eigenvalue weighted by Gasteiger charge is -2.40. The van der Waals surface area contributed by atoms with Crippen molar-refractivity contribution in [2.45, 2.75) is 44.6 Å². The Bertz CT molecular complexity index is 858. The summed E-state index contributed by atoms with van der Waals surface area (Å²) in [7, 11) is 0. The van der Waals surface area contributed by atoms with Crippen molar-refractivity contribution in [2.24, 2.45) is 11.3 Å². The molecule has 6 heteroatoms. The summed E-state index contributed by atoms with van der Waals surface area (Å²) in [5.41, 5.74) is 7.45. The highest BCUT2D eigenvalue weighted by Gasteiger charge is 2.52. The Kier molecular flexibility index (Phi) is 4.29. The summed E-state index contributed by atoms with van der Waals surface area (Å²) < 4.78 is 0. The van der Waals surface area contributed by atoms with Crippen LogP contribution in [-0.2, 0) is 16.0 Å². The fourth-order valence-corrected chi connectivity index (χ4v) is 5.36. The topological polar surface area (TPSA) is 81.7 Å². The van der Waals surface area contributed by atoms with Gasteiger partial charge in [0.2, 0.25) is 11.8 Å². The molecule has 4 aliphatic rings. The van der Waals surface area contributed by atoms with E-state index in [-0.39, 0.29) is 11.3 Å². The van der Waals surface area contributed by atoms with Crippen LogP contribution in [0.1, 0.15) is 43.2 Å². The highest BCUT2D eigenvalue weighted by molar-refractivity contribution is 5.91. The number of hydrogen-bond donors (Lipinski definition) is 3. The fraction of sp³-hybridized carbons (Fsp3) is 0.545. The molecular weight excluding hydrogens is 354 g/mol. The number of nitrogens with one attached hydrogen (secondary N) is 2. The SMILES string of the molecule is O=C(NO)[C@H]1CC2(CC2)CN[C@@H]1C(=O)N1CCC2=C(CCc3ccccc32)C1. The lowest BCUT2D eigenvalue weighted by atomic mass is 9.80. The molecule has 1 spiro atoms. The number of nitrogens with zero attached hydrogens (tertiary/aromatic N) is 1. The number of fused-ring (bicyclic) bond motifs is 2. The Labute approximate surface area is 164 Å². The number of benzene rings is 1. The number of carbonyl (C=O) groups is 2. The number of aryl methyl sites for hydroxylation is 1. The maximum atomic E-state index is 13.3. The lowest BCUT2D eigenvalue weighted by molar-refractivity contribution is -0.144. The highest BCUT2D eigenvalue weighted by Crippen LogP contribution is 2.52. The van der Waals surface area contributed by atoms with Crippen molar-refractivity contribution in [1.29, 1.82) is 0 Å². The van der Waals surface area contributed by atoms with Crippen LogP contribution in [0.2, 0.25) is 0 Å². The molecule has 6 nitrogen and oxygen atoms in total. The minimum atomic E-state index is -0.545. The Morgan fingerprint density at radius 2 is 2.00 bits per heavy atom. The van der Waals surface area contributed by atoms with Gasteiger partial charge in [0.25, 0.3) is 0 Å². The van der Waals surface area contributed by atoms with Gasteiger partial charge in [0.15, 0.2) is 0 Å². The zero-order valence-corrected chi connectivity index (χ0v) is 16.0. The van der Waals surface area contributed by atoms with Crippen molar-refractivity contribution in [2.75, 3.05) is 19.6 Å². The summed E-state index contributed by atoms with van der Waals surface area (Å²) >= 11 is 0. The second-order valence-corrected chi connectivity index (χ2v) is 8.89. The first kappa shape index (κ1) is 17.9. The van der Waals surface area contributed by atoms with Gasteiger partial charge in [0, 0.05) is 19.6 Å². The van der Waals surface area contributed by atoms with Crippen LogP contribution in [0.4, 0.5) is 0 Å². The van der Waals surface area contributed by atoms with E-state index in [4.69, 9.17) is 0 Å². The minimum Gasteiger partial charge on any atom is -0.337 e. The van der Waals surface area contributed by atoms with Crippen molar-refractivity contribution < 1.29 is 14.8 Å². The van der Waals surface area contributed by atoms with E-state index in [1.54, 1.807) is 5.48 Å². The third-order valence-corrected chi connectivity index (χ3v) is 7.21. The van der Waals surface area contributed by atoms with E-state index < -0.39 is 17.9 Å². The summed E-state index contributed by atoms with van der Waals surface area (Å²) in [5.74, 6) is -0.953. The van der Waals surface area contributed by atoms with Crippen LogP contribution in [0.5, 0.6) is 0 Å². The van der Waals surface area contributed by atoms with Gasteiger partial charge in [0.1, 0.15) is 0 Å². The molecule has 0 unspecified atom stereocenters. The number of hydrogen-bond acceptors (Lipinski definition) is 4. The molecular formula is C22H27N3O3. The Morgan fingerprint density at radius 1 is 1.18 bits per heavy atom. The zero-order valence-electron chi connectivity index (χ0n) is 16.0. The van der Waals surface area contributed by atoms with Crippen molar-refractivity contribution in [3.63, 3.8) is 0 Å². The standard InChI is InChI=1S/C22H27N3O3/c26-20(24-28)18-11-22(8-9-22)13-23-19(18)21(27)25-10-7-17-15(12-25)6-5-14-3-1-2-4-16(14)17/h1-4,18-19,23,28H,5-13H2,(H,24,26)/t18-,19-/m0/s1. The number of rotatable bonds is 2. The molecule has 148 valence electrons. The summed E-state index contributed by atoms with van der Waals surface area (Å²) in [6.45, 7) is 2.12. The predicted molar refractivity (Wildman–Crippen MR) is 104 cm³/mol. The van der Waals surface area contributed by atoms with Crippen molar-refractivity contribution in [1.82, 2.24) is 15.7 Å². The van der Waals surface area contributed by atoms with Gasteiger partial charge in [-0.25, -0.2) is 5.48 Å². The molecule has 0 radical (unpaired) electrons. The molecule has 2 fully saturated rings. The third kappa shape index (κ3) is 2.95. The third-order valence-electron chi connectivity index (χ3n) is 7.21. The summed E-state index contributed by atoms with van der Waals surface area (Å²) in [4.78, 5) is 27.5. The summed E-state index contributed by atoms with van der Waals surface area (Å²) in [5, 5.41) is 12.5. The van der Waals surface area contributed by atoms with E-state index in [0.29, 0.717) is 19.5 Å². The van der Waals surface area contributed by atoms with E-state index in [0.717, 1.165) is 38.6 Å². The van der Waals surface area contributed by atoms with E-state index in [1.165, 1.54) is 22.3 Å². The quantitative estimate of drug-likeness (QED) is 0.540. The predicted octanol–water partition coefficient (Wildman–Crippen LogP) is 1.88. The first-order valence-electron chi connectivity index (χ1n) is 10.4. The number of amides is 2. The van der Waals surface area contributed by atoms with Crippen molar-refractivity contribution >= 4 is 17.4 Å². The van der Waals surface area contributed by atoms with Crippen LogP contribution in [0.15, 0.2) is 29.8 Å². The molecule has 1 aromatic carbocycles. The van der Waals surface area contributed by atoms with Crippen LogP contribution >= 0.6 is 0 Å². The minimum absolute atomic E-state index is 0.00508. The van der Waals surface area contributed by atoms with Gasteiger partial charge < -0.3 is 10.2 Å². The zero-order chi connectivity index (χ0) is 19.3. The molecule has 2 aliphatic heterocycles. The second-order valence-electron chi connectivity index (χ2n) is 8.89. The van der Waals surface area contributed by atoms with E-state index in [9.17, 15) is 14.8 Å². The van der Waals surface area contributed by atoms with Crippen LogP contribution in [0.25, 0.3) is 5.57 Å². The van der Waals surface area contributed by atoms with Gasteiger partial charge in [0.05, 0.1) is 12.0 Å². The number of piperidine rings is 1. The van der Waals surface area contributed by atoms with Crippen LogP contribution < -0.4 is 10.8 Å². The summed E-state index contributed by atoms with van der Waals surface area (Å²) in [6, 6.07) is 8.03. The number of hydroxylamine groups is 1. The Morgan fingerprint density at radius 3 is 2.79 bits per heavy atom. The molecule has 1 saturated heterocycles. The van der Waals surface area contributed by atoms with Gasteiger partial charge in [-0.1, -0.05) is 24.3 Å². The normalized spacial score (nSPS) is 27.8. The molecule has 1 saturated carbocycles. The lowest BCUT2D eigenvalue weighted by Crippen LogP contribution is -2.59. The molecule has 0 aromatic heterocycles. The maximum Gasteiger partial charge on any atom is 0.248 e. The molecule has 2 amide bonds. The van der Waals surface area contributed by atoms with Crippen LogP contribution in [0, 0.1) is 11.3 Å². The highest BCUT2D eigenvalue weighted by atomic mass is 16.5. The Balaban J connectivity index is 1.35. The summed E-state index contributed by atoms with van der Waals surface area (Å²) in [6.07, 6.45) is 5.75. The molecule has 3 N–H and O–H groups in total. The molecule has 1 aromatic rings. The molecule has 28 heavy (non-hydrogen) atoms. The average molecular weight is 381 g/mol. The second kappa shape index (κ2) is 6.71. The van der Waals surface area contributed by atoms with E-state index in [2.05, 4.69) is 29.6 Å². The van der Waals surface area contributed by atoms with Gasteiger partial charge in [-0.05, 0) is 66.2 Å². The molecule has 2 atom stereocenters. The smallest absolute Gasteiger partial charge is 0.248 e. The van der Waals surface area contributed by atoms with Crippen LogP contribution in [-0.4, -0.2) is 47.6 Å². The molecule has 2 aliphatic carbocycles. The molecule has 5 rings (SSSR count). The van der Waals surface area contributed by atoms with Crippen LogP contribution in [0.3, 0.4) is 0 Å². The van der Waals surface area contributed by atoms with E-state index >= 15 is 0 Å². The first-order valence-corrected chi connectivity index (χ1v) is 10.4. The first-order chi connectivity index (χ1) is 13.6. The van der Waals surface area contributed by atoms with Gasteiger partial charge >= 0.3 is 0 Å². The fourth-order valence-electron chi connectivity index (χ4n) is 5.36. The number of carbonyl (C=O) groups excluding carboxylic acids is 2. The van der Waals surface area contributed by atoms with Crippen molar-refractivity contribution in [3.05, 3.63) is 41.0 Å². The monoisotopic (exact) mass is 381 g/mol. The Hall–Kier alpha value is -2.18. The van der Waals surface area contributed by atoms with Crippen molar-refractivity contribution in [3.8, 4) is 0 Å². The van der Waals surface area contributed by atoms with Gasteiger partial charge in [-0.15, -0.1) is 0 Å². The largest absolute Gasteiger partial charge is 0.337 e. The average Bonchev–Trinajstić information content (AvgIpc) is 3.50. The van der Waals surface area contributed by atoms with Gasteiger partial charge in [-0.2, -0.15) is 0 Å². The molecule has 0 bridgehead atoms. The maximum absolute atomic E-state index is 13.3. The van der Waals surface area contributed by atoms with E-state index in [1.807, 2.05) is 4.90 Å². The molecule has 2 heterocycles.